The van der Waals surface area contributed by atoms with E-state index in [1.807, 2.05) is 34.9 Å². The van der Waals surface area contributed by atoms with Gasteiger partial charge in [0.15, 0.2) is 11.0 Å². The molecule has 1 heterocycles. The van der Waals surface area contributed by atoms with Crippen molar-refractivity contribution < 1.29 is 9.72 Å². The van der Waals surface area contributed by atoms with Crippen LogP contribution in [0.4, 0.5) is 5.69 Å². The van der Waals surface area contributed by atoms with E-state index >= 15 is 0 Å². The number of thioether (sulfide) groups is 1. The van der Waals surface area contributed by atoms with Gasteiger partial charge in [0.2, 0.25) is 5.91 Å². The number of nitro benzene ring substituents is 1. The number of aromatic nitrogens is 3. The molecule has 0 spiro atoms. The second-order valence-corrected chi connectivity index (χ2v) is 7.72. The molecule has 2 aromatic carbocycles. The second kappa shape index (κ2) is 8.44. The first-order chi connectivity index (χ1) is 14.1. The highest BCUT2D eigenvalue weighted by molar-refractivity contribution is 7.98. The highest BCUT2D eigenvalue weighted by Crippen LogP contribution is 2.29. The molecule has 29 heavy (non-hydrogen) atoms. The van der Waals surface area contributed by atoms with Gasteiger partial charge < -0.3 is 5.32 Å². The van der Waals surface area contributed by atoms with Crippen molar-refractivity contribution in [3.63, 3.8) is 0 Å². The minimum atomic E-state index is -0.433. The molecule has 1 N–H and O–H groups in total. The molecule has 0 aliphatic heterocycles. The number of amides is 1. The molecule has 0 radical (unpaired) electrons. The van der Waals surface area contributed by atoms with E-state index in [-0.39, 0.29) is 24.1 Å². The monoisotopic (exact) mass is 409 g/mol. The van der Waals surface area contributed by atoms with Crippen molar-refractivity contribution in [3.8, 4) is 5.69 Å². The summed E-state index contributed by atoms with van der Waals surface area (Å²) in [5.41, 5.74) is 1.88. The highest BCUT2D eigenvalue weighted by Gasteiger charge is 2.29. The van der Waals surface area contributed by atoms with Crippen LogP contribution >= 0.6 is 11.8 Å². The summed E-state index contributed by atoms with van der Waals surface area (Å²) in [4.78, 5) is 22.5. The van der Waals surface area contributed by atoms with Crippen LogP contribution in [0.1, 0.15) is 24.2 Å². The van der Waals surface area contributed by atoms with Gasteiger partial charge in [-0.2, -0.15) is 0 Å². The molecule has 9 heteroatoms. The second-order valence-electron chi connectivity index (χ2n) is 6.77. The van der Waals surface area contributed by atoms with Crippen LogP contribution in [0.5, 0.6) is 0 Å². The Bertz CT molecular complexity index is 1020. The predicted molar refractivity (Wildman–Crippen MR) is 109 cm³/mol. The van der Waals surface area contributed by atoms with Crippen molar-refractivity contribution in [1.29, 1.82) is 0 Å². The van der Waals surface area contributed by atoms with Crippen molar-refractivity contribution in [2.75, 3.05) is 0 Å². The first kappa shape index (κ1) is 19.1. The molecule has 0 bridgehead atoms. The number of nitrogens with one attached hydrogen (secondary N) is 1. The standard InChI is InChI=1S/C20H19N5O3S/c26-19(15-6-7-15)21-12-18-22-23-20(29-13-14-4-2-1-3-5-14)24(18)16-8-10-17(11-9-16)25(27)28/h1-5,8-11,15H,6-7,12-13H2,(H,21,26). The number of non-ortho nitro benzene ring substituents is 1. The van der Waals surface area contributed by atoms with Crippen LogP contribution in [-0.2, 0) is 17.1 Å². The Morgan fingerprint density at radius 2 is 1.86 bits per heavy atom. The molecule has 148 valence electrons. The van der Waals surface area contributed by atoms with Crippen molar-refractivity contribution in [2.24, 2.45) is 5.92 Å². The summed E-state index contributed by atoms with van der Waals surface area (Å²) < 4.78 is 1.84. The fourth-order valence-corrected chi connectivity index (χ4v) is 3.80. The predicted octanol–water partition coefficient (Wildman–Crippen LogP) is 3.49. The van der Waals surface area contributed by atoms with E-state index in [0.717, 1.165) is 18.4 Å². The topological polar surface area (TPSA) is 103 Å². The summed E-state index contributed by atoms with van der Waals surface area (Å²) in [5.74, 6) is 1.43. The molecule has 0 saturated heterocycles. The Balaban J connectivity index is 1.59. The van der Waals surface area contributed by atoms with Crippen LogP contribution in [0, 0.1) is 16.0 Å². The number of carbonyl (C=O) groups excluding carboxylic acids is 1. The molecule has 1 saturated carbocycles. The molecule has 0 atom stereocenters. The highest BCUT2D eigenvalue weighted by atomic mass is 32.2. The molecule has 1 aliphatic carbocycles. The van der Waals surface area contributed by atoms with Gasteiger partial charge in [0.25, 0.3) is 5.69 Å². The number of carbonyl (C=O) groups is 1. The third kappa shape index (κ3) is 4.62. The van der Waals surface area contributed by atoms with Gasteiger partial charge in [-0.05, 0) is 30.5 Å². The van der Waals surface area contributed by atoms with E-state index in [4.69, 9.17) is 0 Å². The van der Waals surface area contributed by atoms with Gasteiger partial charge in [-0.25, -0.2) is 0 Å². The lowest BCUT2D eigenvalue weighted by Gasteiger charge is -2.11. The van der Waals surface area contributed by atoms with Gasteiger partial charge in [0.05, 0.1) is 11.5 Å². The fraction of sp³-hybridized carbons (Fsp3) is 0.250. The van der Waals surface area contributed by atoms with E-state index in [1.165, 1.54) is 23.9 Å². The summed E-state index contributed by atoms with van der Waals surface area (Å²) in [5, 5.41) is 23.1. The van der Waals surface area contributed by atoms with Gasteiger partial charge in [-0.3, -0.25) is 19.5 Å². The average Bonchev–Trinajstić information content (AvgIpc) is 3.52. The quantitative estimate of drug-likeness (QED) is 0.347. The maximum atomic E-state index is 12.0. The summed E-state index contributed by atoms with van der Waals surface area (Å²) in [6, 6.07) is 16.2. The van der Waals surface area contributed by atoms with E-state index in [1.54, 1.807) is 12.1 Å². The van der Waals surface area contributed by atoms with E-state index in [2.05, 4.69) is 15.5 Å². The molecular formula is C20H19N5O3S. The number of benzene rings is 2. The summed E-state index contributed by atoms with van der Waals surface area (Å²) in [7, 11) is 0. The van der Waals surface area contributed by atoms with Crippen LogP contribution in [0.3, 0.4) is 0 Å². The zero-order valence-corrected chi connectivity index (χ0v) is 16.3. The van der Waals surface area contributed by atoms with Crippen molar-refractivity contribution in [3.05, 3.63) is 76.1 Å². The molecular weight excluding hydrogens is 390 g/mol. The molecule has 1 amide bonds. The number of nitrogens with zero attached hydrogens (tertiary/aromatic N) is 4. The lowest BCUT2D eigenvalue weighted by molar-refractivity contribution is -0.384. The van der Waals surface area contributed by atoms with Crippen LogP contribution < -0.4 is 5.32 Å². The summed E-state index contributed by atoms with van der Waals surface area (Å²) in [6.07, 6.45) is 1.86. The van der Waals surface area contributed by atoms with Crippen molar-refractivity contribution in [1.82, 2.24) is 20.1 Å². The van der Waals surface area contributed by atoms with Crippen LogP contribution in [0.15, 0.2) is 59.8 Å². The Morgan fingerprint density at radius 1 is 1.14 bits per heavy atom. The first-order valence-corrected chi connectivity index (χ1v) is 10.2. The molecule has 1 aromatic heterocycles. The van der Waals surface area contributed by atoms with Crippen LogP contribution in [0.25, 0.3) is 5.69 Å². The average molecular weight is 409 g/mol. The number of hydrogen-bond acceptors (Lipinski definition) is 6. The van der Waals surface area contributed by atoms with Gasteiger partial charge in [-0.15, -0.1) is 10.2 Å². The SMILES string of the molecule is O=C(NCc1nnc(SCc2ccccc2)n1-c1ccc([N+](=O)[O-])cc1)C1CC1. The Kier molecular flexibility index (Phi) is 5.57. The Morgan fingerprint density at radius 3 is 2.52 bits per heavy atom. The van der Waals surface area contributed by atoms with E-state index < -0.39 is 4.92 Å². The zero-order valence-electron chi connectivity index (χ0n) is 15.5. The van der Waals surface area contributed by atoms with Gasteiger partial charge in [-0.1, -0.05) is 42.1 Å². The number of rotatable bonds is 8. The first-order valence-electron chi connectivity index (χ1n) is 9.25. The van der Waals surface area contributed by atoms with E-state index in [0.29, 0.717) is 22.4 Å². The zero-order chi connectivity index (χ0) is 20.2. The number of hydrogen-bond donors (Lipinski definition) is 1. The smallest absolute Gasteiger partial charge is 0.269 e. The lowest BCUT2D eigenvalue weighted by atomic mass is 10.2. The van der Waals surface area contributed by atoms with Gasteiger partial charge in [0, 0.05) is 29.5 Å². The van der Waals surface area contributed by atoms with Gasteiger partial charge >= 0.3 is 0 Å². The third-order valence-electron chi connectivity index (χ3n) is 4.60. The summed E-state index contributed by atoms with van der Waals surface area (Å²) in [6.45, 7) is 0.255. The largest absolute Gasteiger partial charge is 0.349 e. The van der Waals surface area contributed by atoms with Crippen molar-refractivity contribution >= 4 is 23.4 Å². The molecule has 8 nitrogen and oxygen atoms in total. The van der Waals surface area contributed by atoms with Gasteiger partial charge in [0.1, 0.15) is 0 Å². The minimum absolute atomic E-state index is 0.0175. The lowest BCUT2D eigenvalue weighted by Crippen LogP contribution is -2.25. The maximum Gasteiger partial charge on any atom is 0.269 e. The normalized spacial score (nSPS) is 13.2. The molecule has 4 rings (SSSR count). The van der Waals surface area contributed by atoms with E-state index in [9.17, 15) is 14.9 Å². The number of nitro groups is 1. The van der Waals surface area contributed by atoms with Crippen LogP contribution in [-0.4, -0.2) is 25.6 Å². The molecule has 3 aromatic rings. The molecule has 1 fully saturated rings. The maximum absolute atomic E-state index is 12.0. The fourth-order valence-electron chi connectivity index (χ4n) is 2.87. The van der Waals surface area contributed by atoms with Crippen LogP contribution in [0.2, 0.25) is 0 Å². The molecule has 1 aliphatic rings. The minimum Gasteiger partial charge on any atom is -0.349 e. The summed E-state index contributed by atoms with van der Waals surface area (Å²) >= 11 is 1.52. The Labute approximate surface area is 171 Å². The Hall–Kier alpha value is -3.20. The molecule has 0 unspecified atom stereocenters. The third-order valence-corrected chi connectivity index (χ3v) is 5.60. The van der Waals surface area contributed by atoms with Crippen molar-refractivity contribution in [2.45, 2.75) is 30.3 Å².